The van der Waals surface area contributed by atoms with Gasteiger partial charge in [0.1, 0.15) is 0 Å². The molecule has 1 aromatic carbocycles. The number of nitrogens with zero attached hydrogens (tertiary/aromatic N) is 2. The van der Waals surface area contributed by atoms with Crippen LogP contribution in [0.1, 0.15) is 30.5 Å². The van der Waals surface area contributed by atoms with Crippen molar-refractivity contribution >= 4 is 0 Å². The molecule has 0 radical (unpaired) electrons. The Morgan fingerprint density at radius 2 is 1.90 bits per heavy atom. The van der Waals surface area contributed by atoms with Crippen molar-refractivity contribution in [2.45, 2.75) is 31.8 Å². The van der Waals surface area contributed by atoms with Gasteiger partial charge in [0.05, 0.1) is 0 Å². The zero-order chi connectivity index (χ0) is 14.5. The van der Waals surface area contributed by atoms with Crippen LogP contribution in [-0.4, -0.2) is 56.6 Å². The lowest BCUT2D eigenvalue weighted by Crippen LogP contribution is -2.45. The van der Waals surface area contributed by atoms with Gasteiger partial charge in [-0.15, -0.1) is 0 Å². The van der Waals surface area contributed by atoms with Crippen molar-refractivity contribution in [1.29, 1.82) is 0 Å². The first-order chi connectivity index (χ1) is 9.67. The Kier molecular flexibility index (Phi) is 5.58. The second-order valence-electron chi connectivity index (χ2n) is 6.08. The van der Waals surface area contributed by atoms with Crippen LogP contribution in [0.5, 0.6) is 0 Å². The van der Waals surface area contributed by atoms with Gasteiger partial charge in [-0.05, 0) is 51.7 Å². The molecule has 0 saturated heterocycles. The van der Waals surface area contributed by atoms with E-state index >= 15 is 0 Å². The Balaban J connectivity index is 2.13. The molecule has 0 fully saturated rings. The van der Waals surface area contributed by atoms with Gasteiger partial charge in [-0.2, -0.15) is 0 Å². The predicted octanol–water partition coefficient (Wildman–Crippen LogP) is 2.15. The van der Waals surface area contributed by atoms with E-state index in [4.69, 9.17) is 0 Å². The Bertz CT molecular complexity index is 416. The lowest BCUT2D eigenvalue weighted by Gasteiger charge is -2.33. The molecule has 1 aliphatic carbocycles. The molecule has 1 aliphatic rings. The van der Waals surface area contributed by atoms with E-state index in [2.05, 4.69) is 67.4 Å². The Hall–Kier alpha value is -0.900. The van der Waals surface area contributed by atoms with Crippen molar-refractivity contribution in [3.63, 3.8) is 0 Å². The Labute approximate surface area is 124 Å². The first-order valence-electron chi connectivity index (χ1n) is 7.81. The zero-order valence-corrected chi connectivity index (χ0v) is 13.4. The van der Waals surface area contributed by atoms with Gasteiger partial charge in [0, 0.05) is 25.2 Å². The Morgan fingerprint density at radius 3 is 2.55 bits per heavy atom. The topological polar surface area (TPSA) is 18.5 Å². The van der Waals surface area contributed by atoms with Crippen LogP contribution in [0.25, 0.3) is 0 Å². The number of likely N-dealkylation sites (N-methyl/N-ethyl adjacent to an activating group) is 2. The quantitative estimate of drug-likeness (QED) is 0.822. The van der Waals surface area contributed by atoms with Crippen molar-refractivity contribution in [2.24, 2.45) is 0 Å². The van der Waals surface area contributed by atoms with E-state index < -0.39 is 0 Å². The molecule has 3 heteroatoms. The van der Waals surface area contributed by atoms with Crippen molar-refractivity contribution in [2.75, 3.05) is 40.8 Å². The third-order valence-corrected chi connectivity index (χ3v) is 4.33. The monoisotopic (exact) mass is 275 g/mol. The molecule has 2 unspecified atom stereocenters. The van der Waals surface area contributed by atoms with E-state index in [-0.39, 0.29) is 0 Å². The first kappa shape index (κ1) is 15.5. The smallest absolute Gasteiger partial charge is 0.0481 e. The minimum absolute atomic E-state index is 0.472. The molecule has 0 amide bonds. The molecule has 0 aliphatic heterocycles. The van der Waals surface area contributed by atoms with E-state index in [1.807, 2.05) is 0 Å². The highest BCUT2D eigenvalue weighted by molar-refractivity contribution is 5.37. The Morgan fingerprint density at radius 1 is 1.15 bits per heavy atom. The molecule has 2 atom stereocenters. The molecule has 0 saturated carbocycles. The molecule has 0 aromatic heterocycles. The summed E-state index contributed by atoms with van der Waals surface area (Å²) in [6.45, 7) is 5.74. The predicted molar refractivity (Wildman–Crippen MR) is 86.2 cm³/mol. The normalized spacial score (nSPS) is 21.7. The standard InChI is InChI=1S/C17H29N3/c1-5-10-20(12-11-19(3)4)16-13-14-8-6-7-9-15(14)17(16)18-2/h6-9,16-18H,5,10-13H2,1-4H3. The molecule has 2 rings (SSSR count). The summed E-state index contributed by atoms with van der Waals surface area (Å²) in [5.41, 5.74) is 3.01. The van der Waals surface area contributed by atoms with E-state index in [0.29, 0.717) is 12.1 Å². The van der Waals surface area contributed by atoms with E-state index in [1.54, 1.807) is 0 Å². The number of fused-ring (bicyclic) bond motifs is 1. The molecule has 0 bridgehead atoms. The molecule has 3 nitrogen and oxygen atoms in total. The lowest BCUT2D eigenvalue weighted by molar-refractivity contribution is 0.155. The lowest BCUT2D eigenvalue weighted by atomic mass is 10.1. The fourth-order valence-corrected chi connectivity index (χ4v) is 3.32. The summed E-state index contributed by atoms with van der Waals surface area (Å²) in [5.74, 6) is 0. The van der Waals surface area contributed by atoms with Crippen molar-refractivity contribution in [3.8, 4) is 0 Å². The maximum Gasteiger partial charge on any atom is 0.0481 e. The van der Waals surface area contributed by atoms with Gasteiger partial charge < -0.3 is 10.2 Å². The second-order valence-corrected chi connectivity index (χ2v) is 6.08. The van der Waals surface area contributed by atoms with Crippen LogP contribution in [0.2, 0.25) is 0 Å². The summed E-state index contributed by atoms with van der Waals surface area (Å²) in [4.78, 5) is 4.94. The average Bonchev–Trinajstić information content (AvgIpc) is 2.81. The summed E-state index contributed by atoms with van der Waals surface area (Å²) in [5, 5.41) is 3.54. The number of hydrogen-bond acceptors (Lipinski definition) is 3. The van der Waals surface area contributed by atoms with Gasteiger partial charge in [-0.25, -0.2) is 0 Å². The summed E-state index contributed by atoms with van der Waals surface area (Å²) >= 11 is 0. The van der Waals surface area contributed by atoms with Crippen molar-refractivity contribution < 1.29 is 0 Å². The third-order valence-electron chi connectivity index (χ3n) is 4.33. The number of benzene rings is 1. The van der Waals surface area contributed by atoms with Gasteiger partial charge >= 0.3 is 0 Å². The molecule has 112 valence electrons. The van der Waals surface area contributed by atoms with Crippen LogP contribution in [0, 0.1) is 0 Å². The number of nitrogens with one attached hydrogen (secondary N) is 1. The van der Waals surface area contributed by atoms with Crippen molar-refractivity contribution in [1.82, 2.24) is 15.1 Å². The van der Waals surface area contributed by atoms with Gasteiger partial charge in [0.2, 0.25) is 0 Å². The highest BCUT2D eigenvalue weighted by Crippen LogP contribution is 2.34. The van der Waals surface area contributed by atoms with Gasteiger partial charge in [0.25, 0.3) is 0 Å². The molecule has 1 aromatic rings. The molecule has 1 N–H and O–H groups in total. The fraction of sp³-hybridized carbons (Fsp3) is 0.647. The molecule has 0 spiro atoms. The number of rotatable bonds is 7. The highest BCUT2D eigenvalue weighted by Gasteiger charge is 2.34. The molecular formula is C17H29N3. The minimum atomic E-state index is 0.472. The minimum Gasteiger partial charge on any atom is -0.312 e. The number of hydrogen-bond donors (Lipinski definition) is 1. The fourth-order valence-electron chi connectivity index (χ4n) is 3.32. The van der Waals surface area contributed by atoms with Crippen LogP contribution in [0.3, 0.4) is 0 Å². The van der Waals surface area contributed by atoms with Gasteiger partial charge in [-0.3, -0.25) is 4.90 Å². The van der Waals surface area contributed by atoms with Crippen LogP contribution in [-0.2, 0) is 6.42 Å². The average molecular weight is 275 g/mol. The van der Waals surface area contributed by atoms with E-state index in [9.17, 15) is 0 Å². The maximum atomic E-state index is 3.54. The highest BCUT2D eigenvalue weighted by atomic mass is 15.2. The van der Waals surface area contributed by atoms with Crippen LogP contribution in [0.4, 0.5) is 0 Å². The van der Waals surface area contributed by atoms with E-state index in [1.165, 1.54) is 30.5 Å². The SMILES string of the molecule is CCCN(CCN(C)C)C1Cc2ccccc2C1NC. The van der Waals surface area contributed by atoms with Crippen LogP contribution >= 0.6 is 0 Å². The largest absolute Gasteiger partial charge is 0.312 e. The third kappa shape index (κ3) is 3.40. The van der Waals surface area contributed by atoms with E-state index in [0.717, 1.165) is 13.1 Å². The summed E-state index contributed by atoms with van der Waals surface area (Å²) in [6, 6.07) is 9.97. The second kappa shape index (κ2) is 7.21. The summed E-state index contributed by atoms with van der Waals surface area (Å²) < 4.78 is 0. The maximum absolute atomic E-state index is 3.54. The van der Waals surface area contributed by atoms with Gasteiger partial charge in [-0.1, -0.05) is 31.2 Å². The van der Waals surface area contributed by atoms with Crippen molar-refractivity contribution in [3.05, 3.63) is 35.4 Å². The summed E-state index contributed by atoms with van der Waals surface area (Å²) in [6.07, 6.45) is 2.39. The van der Waals surface area contributed by atoms with Crippen LogP contribution < -0.4 is 5.32 Å². The van der Waals surface area contributed by atoms with Gasteiger partial charge in [0.15, 0.2) is 0 Å². The van der Waals surface area contributed by atoms with Crippen LogP contribution in [0.15, 0.2) is 24.3 Å². The molecule has 20 heavy (non-hydrogen) atoms. The molecule has 0 heterocycles. The summed E-state index contributed by atoms with van der Waals surface area (Å²) in [7, 11) is 6.40. The zero-order valence-electron chi connectivity index (χ0n) is 13.4. The first-order valence-corrected chi connectivity index (χ1v) is 7.81. The molecular weight excluding hydrogens is 246 g/mol.